The molecule has 21 heavy (non-hydrogen) atoms. The third-order valence-corrected chi connectivity index (χ3v) is 3.77. The molecule has 0 amide bonds. The van der Waals surface area contributed by atoms with E-state index >= 15 is 0 Å². The second-order valence-corrected chi connectivity index (χ2v) is 5.35. The molecule has 1 aliphatic rings. The second kappa shape index (κ2) is 5.72. The van der Waals surface area contributed by atoms with Crippen LogP contribution in [0.2, 0.25) is 0 Å². The molecular weight excluding hydrogens is 274 g/mol. The first kappa shape index (κ1) is 15.3. The van der Waals surface area contributed by atoms with Crippen LogP contribution in [0.3, 0.4) is 0 Å². The average Bonchev–Trinajstić information content (AvgIpc) is 2.46. The van der Waals surface area contributed by atoms with Crippen molar-refractivity contribution in [3.05, 3.63) is 26.4 Å². The van der Waals surface area contributed by atoms with E-state index < -0.39 is 11.2 Å². The molecule has 0 aliphatic carbocycles. The van der Waals surface area contributed by atoms with Crippen LogP contribution in [0.4, 0.5) is 0 Å². The Bertz CT molecular complexity index is 680. The Labute approximate surface area is 122 Å². The fraction of sp³-hybridized carbons (Fsp3) is 0.615. The zero-order chi connectivity index (χ0) is 15.7. The molecule has 0 radical (unpaired) electrons. The maximum Gasteiger partial charge on any atom is 0.333 e. The second-order valence-electron chi connectivity index (χ2n) is 5.35. The maximum atomic E-state index is 12.2. The first-order chi connectivity index (χ1) is 9.82. The smallest absolute Gasteiger partial charge is 0.333 e. The largest absolute Gasteiger partial charge is 0.494 e. The van der Waals surface area contributed by atoms with Crippen molar-refractivity contribution in [1.29, 1.82) is 0 Å². The number of hydrazone groups is 1. The van der Waals surface area contributed by atoms with Crippen LogP contribution in [0.25, 0.3) is 0 Å². The van der Waals surface area contributed by atoms with Crippen molar-refractivity contribution in [2.45, 2.75) is 6.92 Å². The Morgan fingerprint density at radius 3 is 2.19 bits per heavy atom. The lowest BCUT2D eigenvalue weighted by atomic mass is 10.2. The van der Waals surface area contributed by atoms with Crippen LogP contribution in [0.1, 0.15) is 12.5 Å². The molecule has 8 nitrogen and oxygen atoms in total. The zero-order valence-electron chi connectivity index (χ0n) is 12.8. The molecular formula is C13H21N5O3. The van der Waals surface area contributed by atoms with Gasteiger partial charge in [-0.25, -0.2) is 4.79 Å². The zero-order valence-corrected chi connectivity index (χ0v) is 12.8. The van der Waals surface area contributed by atoms with Gasteiger partial charge in [-0.2, -0.15) is 5.10 Å². The summed E-state index contributed by atoms with van der Waals surface area (Å²) in [5.74, 6) is -0.349. The van der Waals surface area contributed by atoms with E-state index in [2.05, 4.69) is 10.0 Å². The fourth-order valence-corrected chi connectivity index (χ4v) is 2.31. The molecule has 2 rings (SSSR count). The standard InChI is InChI=1S/C13H21N5O3/c1-9(14-18-7-5-15(2)6-8-18)10-11(19)16(3)13(21)17(4)12(10)20/h19H,5-8H2,1-4H3/b14-9+. The van der Waals surface area contributed by atoms with Crippen LogP contribution in [0, 0.1) is 0 Å². The van der Waals surface area contributed by atoms with Crippen molar-refractivity contribution in [3.8, 4) is 5.88 Å². The molecule has 2 heterocycles. The third-order valence-electron chi connectivity index (χ3n) is 3.77. The summed E-state index contributed by atoms with van der Waals surface area (Å²) in [5.41, 5.74) is -0.619. The van der Waals surface area contributed by atoms with E-state index in [-0.39, 0.29) is 11.4 Å². The number of aromatic nitrogens is 2. The molecule has 1 N–H and O–H groups in total. The Balaban J connectivity index is 2.42. The number of hydrogen-bond donors (Lipinski definition) is 1. The summed E-state index contributed by atoms with van der Waals surface area (Å²) in [6, 6.07) is 0. The van der Waals surface area contributed by atoms with E-state index in [0.717, 1.165) is 35.3 Å². The van der Waals surface area contributed by atoms with Crippen LogP contribution in [-0.4, -0.2) is 63.1 Å². The predicted molar refractivity (Wildman–Crippen MR) is 79.9 cm³/mol. The van der Waals surface area contributed by atoms with Crippen molar-refractivity contribution in [3.63, 3.8) is 0 Å². The van der Waals surface area contributed by atoms with E-state index in [1.807, 2.05) is 12.1 Å². The number of piperazine rings is 1. The van der Waals surface area contributed by atoms with Crippen molar-refractivity contribution >= 4 is 5.71 Å². The molecule has 0 saturated carbocycles. The molecule has 116 valence electrons. The molecule has 0 bridgehead atoms. The van der Waals surface area contributed by atoms with E-state index in [1.54, 1.807) is 6.92 Å². The Morgan fingerprint density at radius 1 is 1.05 bits per heavy atom. The van der Waals surface area contributed by atoms with Gasteiger partial charge in [-0.3, -0.25) is 18.9 Å². The molecule has 0 aromatic carbocycles. The van der Waals surface area contributed by atoms with Crippen LogP contribution >= 0.6 is 0 Å². The normalized spacial score (nSPS) is 17.3. The molecule has 1 aliphatic heterocycles. The highest BCUT2D eigenvalue weighted by atomic mass is 16.3. The maximum absolute atomic E-state index is 12.2. The molecule has 8 heteroatoms. The van der Waals surface area contributed by atoms with Gasteiger partial charge in [0, 0.05) is 40.3 Å². The molecule has 0 unspecified atom stereocenters. The van der Waals surface area contributed by atoms with Crippen LogP contribution in [-0.2, 0) is 14.1 Å². The summed E-state index contributed by atoms with van der Waals surface area (Å²) < 4.78 is 2.01. The predicted octanol–water partition coefficient (Wildman–Crippen LogP) is -1.24. The number of aromatic hydroxyl groups is 1. The van der Waals surface area contributed by atoms with Crippen LogP contribution < -0.4 is 11.2 Å². The SMILES string of the molecule is C/C(=N\N1CCN(C)CC1)c1c(O)n(C)c(=O)n(C)c1=O. The van der Waals surface area contributed by atoms with E-state index in [0.29, 0.717) is 5.71 Å². The third kappa shape index (κ3) is 2.85. The number of hydrogen-bond acceptors (Lipinski definition) is 6. The molecule has 0 atom stereocenters. The number of nitrogens with zero attached hydrogens (tertiary/aromatic N) is 5. The van der Waals surface area contributed by atoms with Crippen molar-refractivity contribution in [1.82, 2.24) is 19.0 Å². The molecule has 1 saturated heterocycles. The van der Waals surface area contributed by atoms with Gasteiger partial charge < -0.3 is 10.0 Å². The summed E-state index contributed by atoms with van der Waals surface area (Å²) in [5, 5.41) is 16.4. The first-order valence-electron chi connectivity index (χ1n) is 6.81. The first-order valence-corrected chi connectivity index (χ1v) is 6.81. The topological polar surface area (TPSA) is 83.1 Å². The quantitative estimate of drug-likeness (QED) is 0.690. The summed E-state index contributed by atoms with van der Waals surface area (Å²) in [6.45, 7) is 4.99. The minimum absolute atomic E-state index is 0.0681. The minimum atomic E-state index is -0.561. The summed E-state index contributed by atoms with van der Waals surface area (Å²) in [7, 11) is 4.85. The summed E-state index contributed by atoms with van der Waals surface area (Å²) >= 11 is 0. The van der Waals surface area contributed by atoms with E-state index in [4.69, 9.17) is 0 Å². The monoisotopic (exact) mass is 295 g/mol. The van der Waals surface area contributed by atoms with Gasteiger partial charge in [-0.05, 0) is 14.0 Å². The van der Waals surface area contributed by atoms with Gasteiger partial charge in [-0.15, -0.1) is 0 Å². The van der Waals surface area contributed by atoms with E-state index in [1.165, 1.54) is 14.1 Å². The Hall–Kier alpha value is -2.09. The Kier molecular flexibility index (Phi) is 4.17. The lowest BCUT2D eigenvalue weighted by Crippen LogP contribution is -2.43. The molecule has 1 aromatic rings. The van der Waals surface area contributed by atoms with E-state index in [9.17, 15) is 14.7 Å². The Morgan fingerprint density at radius 2 is 1.62 bits per heavy atom. The van der Waals surface area contributed by atoms with Gasteiger partial charge in [0.1, 0.15) is 5.56 Å². The lowest BCUT2D eigenvalue weighted by molar-refractivity contribution is 0.159. The highest BCUT2D eigenvalue weighted by Crippen LogP contribution is 2.11. The van der Waals surface area contributed by atoms with Crippen molar-refractivity contribution in [2.75, 3.05) is 33.2 Å². The average molecular weight is 295 g/mol. The van der Waals surface area contributed by atoms with Gasteiger partial charge in [0.05, 0.1) is 5.71 Å². The van der Waals surface area contributed by atoms with Crippen molar-refractivity contribution < 1.29 is 5.11 Å². The molecule has 0 spiro atoms. The fourth-order valence-electron chi connectivity index (χ4n) is 2.31. The van der Waals surface area contributed by atoms with Crippen molar-refractivity contribution in [2.24, 2.45) is 19.2 Å². The van der Waals surface area contributed by atoms with Gasteiger partial charge >= 0.3 is 5.69 Å². The van der Waals surface area contributed by atoms with Crippen LogP contribution in [0.15, 0.2) is 14.7 Å². The number of rotatable bonds is 2. The molecule has 1 aromatic heterocycles. The van der Waals surface area contributed by atoms with Gasteiger partial charge in [0.25, 0.3) is 5.56 Å². The summed E-state index contributed by atoms with van der Waals surface area (Å²) in [4.78, 5) is 26.1. The minimum Gasteiger partial charge on any atom is -0.494 e. The molecule has 1 fully saturated rings. The van der Waals surface area contributed by atoms with Gasteiger partial charge in [-0.1, -0.05) is 0 Å². The number of likely N-dealkylation sites (N-methyl/N-ethyl adjacent to an activating group) is 1. The van der Waals surface area contributed by atoms with Gasteiger partial charge in [0.2, 0.25) is 5.88 Å². The lowest BCUT2D eigenvalue weighted by Gasteiger charge is -2.30. The van der Waals surface area contributed by atoms with Gasteiger partial charge in [0.15, 0.2) is 0 Å². The highest BCUT2D eigenvalue weighted by molar-refractivity contribution is 6.00. The highest BCUT2D eigenvalue weighted by Gasteiger charge is 2.19. The summed E-state index contributed by atoms with van der Waals surface area (Å²) in [6.07, 6.45) is 0. The van der Waals surface area contributed by atoms with Crippen LogP contribution in [0.5, 0.6) is 5.88 Å².